The number of ether oxygens (including phenoxy) is 2. The number of hydrogen-bond acceptors (Lipinski definition) is 3. The van der Waals surface area contributed by atoms with E-state index in [1.807, 2.05) is 31.2 Å². The molecule has 2 rings (SSSR count). The number of aryl methyl sites for hydroxylation is 1. The second-order valence-corrected chi connectivity index (χ2v) is 5.01. The van der Waals surface area contributed by atoms with Gasteiger partial charge in [-0.2, -0.15) is 0 Å². The third-order valence-corrected chi connectivity index (χ3v) is 3.32. The van der Waals surface area contributed by atoms with E-state index in [1.54, 1.807) is 6.92 Å². The van der Waals surface area contributed by atoms with Gasteiger partial charge in [0.05, 0.1) is 6.61 Å². The molecule has 1 fully saturated rings. The maximum Gasteiger partial charge on any atom is 0.341 e. The monoisotopic (exact) mass is 248 g/mol. The van der Waals surface area contributed by atoms with E-state index in [0.717, 1.165) is 18.4 Å². The lowest BCUT2D eigenvalue weighted by atomic mass is 10.0. The van der Waals surface area contributed by atoms with Crippen molar-refractivity contribution < 1.29 is 14.3 Å². The minimum atomic E-state index is -0.789. The fourth-order valence-electron chi connectivity index (χ4n) is 1.95. The Balaban J connectivity index is 1.95. The number of carbonyl (C=O) groups is 1. The second kappa shape index (κ2) is 5.11. The molecule has 1 aromatic carbocycles. The minimum absolute atomic E-state index is 0.160. The summed E-state index contributed by atoms with van der Waals surface area (Å²) < 4.78 is 10.8. The van der Waals surface area contributed by atoms with Gasteiger partial charge in [0, 0.05) is 0 Å². The molecule has 0 aromatic heterocycles. The quantitative estimate of drug-likeness (QED) is 0.456. The average molecular weight is 248 g/mol. The summed E-state index contributed by atoms with van der Waals surface area (Å²) in [5.41, 5.74) is 1.45. The number of epoxide rings is 1. The number of hydrogen-bond donors (Lipinski definition) is 0. The Hall–Kier alpha value is -1.35. The SMILES string of the molecule is CCCCOC(=O)C1(C)OC1c1ccc(C)cc1. The van der Waals surface area contributed by atoms with E-state index in [-0.39, 0.29) is 12.1 Å². The molecule has 0 aliphatic carbocycles. The zero-order chi connectivity index (χ0) is 13.2. The fourth-order valence-corrected chi connectivity index (χ4v) is 1.95. The van der Waals surface area contributed by atoms with Gasteiger partial charge in [0.25, 0.3) is 0 Å². The molecule has 0 saturated carbocycles. The zero-order valence-corrected chi connectivity index (χ0v) is 11.2. The highest BCUT2D eigenvalue weighted by Crippen LogP contribution is 2.50. The molecule has 3 nitrogen and oxygen atoms in total. The highest BCUT2D eigenvalue weighted by molar-refractivity contribution is 5.83. The van der Waals surface area contributed by atoms with E-state index in [1.165, 1.54) is 5.56 Å². The molecule has 1 aromatic rings. The summed E-state index contributed by atoms with van der Waals surface area (Å²) in [5.74, 6) is -0.249. The van der Waals surface area contributed by atoms with Crippen molar-refractivity contribution in [3.63, 3.8) is 0 Å². The van der Waals surface area contributed by atoms with Gasteiger partial charge in [0.15, 0.2) is 5.60 Å². The van der Waals surface area contributed by atoms with Crippen LogP contribution in [0.3, 0.4) is 0 Å². The Morgan fingerprint density at radius 3 is 2.67 bits per heavy atom. The number of carbonyl (C=O) groups excluding carboxylic acids is 1. The summed E-state index contributed by atoms with van der Waals surface area (Å²) in [5, 5.41) is 0. The van der Waals surface area contributed by atoms with Gasteiger partial charge in [-0.3, -0.25) is 0 Å². The highest BCUT2D eigenvalue weighted by Gasteiger charge is 2.60. The molecule has 1 heterocycles. The molecule has 98 valence electrons. The highest BCUT2D eigenvalue weighted by atomic mass is 16.7. The Labute approximate surface area is 108 Å². The molecule has 0 amide bonds. The first kappa shape index (κ1) is 13.1. The second-order valence-electron chi connectivity index (χ2n) is 5.01. The summed E-state index contributed by atoms with van der Waals surface area (Å²) >= 11 is 0. The Morgan fingerprint density at radius 1 is 1.39 bits per heavy atom. The van der Waals surface area contributed by atoms with Gasteiger partial charge >= 0.3 is 5.97 Å². The molecular weight excluding hydrogens is 228 g/mol. The van der Waals surface area contributed by atoms with E-state index in [9.17, 15) is 4.79 Å². The molecule has 18 heavy (non-hydrogen) atoms. The van der Waals surface area contributed by atoms with Gasteiger partial charge in [-0.25, -0.2) is 4.79 Å². The van der Waals surface area contributed by atoms with Crippen molar-refractivity contribution in [3.05, 3.63) is 35.4 Å². The van der Waals surface area contributed by atoms with E-state index in [0.29, 0.717) is 6.61 Å². The van der Waals surface area contributed by atoms with Crippen molar-refractivity contribution >= 4 is 5.97 Å². The van der Waals surface area contributed by atoms with Crippen LogP contribution >= 0.6 is 0 Å². The van der Waals surface area contributed by atoms with Gasteiger partial charge in [-0.05, 0) is 25.8 Å². The molecule has 2 atom stereocenters. The van der Waals surface area contributed by atoms with Crippen LogP contribution in [0.25, 0.3) is 0 Å². The largest absolute Gasteiger partial charge is 0.463 e. The van der Waals surface area contributed by atoms with Crippen molar-refractivity contribution in [2.24, 2.45) is 0 Å². The zero-order valence-electron chi connectivity index (χ0n) is 11.2. The standard InChI is InChI=1S/C15H20O3/c1-4-5-10-17-14(16)15(3)13(18-15)12-8-6-11(2)7-9-12/h6-9,13H,4-5,10H2,1-3H3. The minimum Gasteiger partial charge on any atom is -0.463 e. The Kier molecular flexibility index (Phi) is 3.71. The van der Waals surface area contributed by atoms with E-state index in [4.69, 9.17) is 9.47 Å². The first-order valence-electron chi connectivity index (χ1n) is 6.49. The van der Waals surface area contributed by atoms with Gasteiger partial charge in [-0.1, -0.05) is 43.2 Å². The first-order chi connectivity index (χ1) is 8.58. The molecule has 0 spiro atoms. The van der Waals surface area contributed by atoms with Crippen LogP contribution in [0.2, 0.25) is 0 Å². The van der Waals surface area contributed by atoms with Crippen molar-refractivity contribution in [1.29, 1.82) is 0 Å². The molecule has 1 aliphatic rings. The summed E-state index contributed by atoms with van der Waals surface area (Å²) in [6.45, 7) is 6.38. The van der Waals surface area contributed by atoms with Gasteiger partial charge in [-0.15, -0.1) is 0 Å². The maximum absolute atomic E-state index is 11.9. The van der Waals surface area contributed by atoms with Gasteiger partial charge in [0.1, 0.15) is 6.10 Å². The molecule has 0 radical (unpaired) electrons. The van der Waals surface area contributed by atoms with Gasteiger partial charge < -0.3 is 9.47 Å². The average Bonchev–Trinajstić information content (AvgIpc) is 3.04. The summed E-state index contributed by atoms with van der Waals surface area (Å²) in [6.07, 6.45) is 1.76. The predicted octanol–water partition coefficient (Wildman–Crippen LogP) is 3.17. The van der Waals surface area contributed by atoms with Crippen LogP contribution < -0.4 is 0 Å². The molecule has 2 unspecified atom stereocenters. The van der Waals surface area contributed by atoms with Gasteiger partial charge in [0.2, 0.25) is 0 Å². The third kappa shape index (κ3) is 2.56. The molecule has 0 N–H and O–H groups in total. The van der Waals surface area contributed by atoms with Crippen molar-refractivity contribution in [2.75, 3.05) is 6.61 Å². The Bertz CT molecular complexity index is 424. The number of benzene rings is 1. The molecule has 3 heteroatoms. The van der Waals surface area contributed by atoms with Crippen LogP contribution in [-0.2, 0) is 14.3 Å². The molecule has 0 bridgehead atoms. The van der Waals surface area contributed by atoms with Crippen LogP contribution in [0.15, 0.2) is 24.3 Å². The number of unbranched alkanes of at least 4 members (excludes halogenated alkanes) is 1. The number of rotatable bonds is 5. The normalized spacial score (nSPS) is 25.8. The molecule has 1 saturated heterocycles. The van der Waals surface area contributed by atoms with E-state index >= 15 is 0 Å². The molecule has 1 aliphatic heterocycles. The lowest BCUT2D eigenvalue weighted by molar-refractivity contribution is -0.149. The van der Waals surface area contributed by atoms with Crippen molar-refractivity contribution in [2.45, 2.75) is 45.3 Å². The van der Waals surface area contributed by atoms with Crippen LogP contribution in [-0.4, -0.2) is 18.2 Å². The Morgan fingerprint density at radius 2 is 2.06 bits per heavy atom. The van der Waals surface area contributed by atoms with Crippen LogP contribution in [0.4, 0.5) is 0 Å². The fraction of sp³-hybridized carbons (Fsp3) is 0.533. The number of esters is 1. The van der Waals surface area contributed by atoms with E-state index < -0.39 is 5.60 Å². The molecular formula is C15H20O3. The summed E-state index contributed by atoms with van der Waals surface area (Å²) in [4.78, 5) is 11.9. The topological polar surface area (TPSA) is 38.8 Å². The van der Waals surface area contributed by atoms with Crippen molar-refractivity contribution in [1.82, 2.24) is 0 Å². The first-order valence-corrected chi connectivity index (χ1v) is 6.49. The summed E-state index contributed by atoms with van der Waals surface area (Å²) in [7, 11) is 0. The summed E-state index contributed by atoms with van der Waals surface area (Å²) in [6, 6.07) is 8.06. The predicted molar refractivity (Wildman–Crippen MR) is 69.3 cm³/mol. The maximum atomic E-state index is 11.9. The lowest BCUT2D eigenvalue weighted by Crippen LogP contribution is -2.24. The smallest absolute Gasteiger partial charge is 0.341 e. The van der Waals surface area contributed by atoms with Crippen LogP contribution in [0, 0.1) is 6.92 Å². The lowest BCUT2D eigenvalue weighted by Gasteiger charge is -2.07. The third-order valence-electron chi connectivity index (χ3n) is 3.32. The van der Waals surface area contributed by atoms with Crippen molar-refractivity contribution in [3.8, 4) is 0 Å². The van der Waals surface area contributed by atoms with Crippen LogP contribution in [0.5, 0.6) is 0 Å². The van der Waals surface area contributed by atoms with Crippen LogP contribution in [0.1, 0.15) is 43.9 Å². The van der Waals surface area contributed by atoms with E-state index in [2.05, 4.69) is 6.92 Å².